The zero-order valence-electron chi connectivity index (χ0n) is 7.10. The fourth-order valence-corrected chi connectivity index (χ4v) is 1.22. The molecule has 1 aromatic heterocycles. The molecule has 0 unspecified atom stereocenters. The first-order valence-corrected chi connectivity index (χ1v) is 4.15. The Bertz CT molecular complexity index is 345. The first-order chi connectivity index (χ1) is 6.34. The second-order valence-electron chi connectivity index (χ2n) is 2.89. The Balaban J connectivity index is 2.17. The number of carbonyl (C=O) groups excluding carboxylic acids is 1. The lowest BCUT2D eigenvalue weighted by Gasteiger charge is -1.90. The summed E-state index contributed by atoms with van der Waals surface area (Å²) in [5.41, 5.74) is 3.76. The van der Waals surface area contributed by atoms with Gasteiger partial charge in [-0.1, -0.05) is 0 Å². The molecule has 1 N–H and O–H groups in total. The second kappa shape index (κ2) is 3.35. The summed E-state index contributed by atoms with van der Waals surface area (Å²) in [5, 5.41) is 0. The van der Waals surface area contributed by atoms with Crippen molar-refractivity contribution >= 4 is 12.1 Å². The zero-order valence-corrected chi connectivity index (χ0v) is 7.10. The lowest BCUT2D eigenvalue weighted by Crippen LogP contribution is -2.25. The van der Waals surface area contributed by atoms with Gasteiger partial charge in [-0.25, -0.2) is 0 Å². The van der Waals surface area contributed by atoms with E-state index in [-0.39, 0.29) is 5.91 Å². The van der Waals surface area contributed by atoms with Crippen LogP contribution in [0.4, 0.5) is 0 Å². The molecule has 4 heteroatoms. The van der Waals surface area contributed by atoms with Crippen LogP contribution >= 0.6 is 0 Å². The van der Waals surface area contributed by atoms with Crippen molar-refractivity contribution in [2.45, 2.75) is 6.42 Å². The van der Waals surface area contributed by atoms with Crippen molar-refractivity contribution in [1.82, 2.24) is 10.4 Å². The van der Waals surface area contributed by atoms with Crippen LogP contribution in [0.25, 0.3) is 0 Å². The molecule has 1 aromatic rings. The molecular weight excluding hydrogens is 166 g/mol. The monoisotopic (exact) mass is 176 g/mol. The van der Waals surface area contributed by atoms with Gasteiger partial charge < -0.3 is 0 Å². The molecule has 1 aliphatic heterocycles. The fourth-order valence-electron chi connectivity index (χ4n) is 1.22. The highest BCUT2D eigenvalue weighted by Gasteiger charge is 2.20. The van der Waals surface area contributed by atoms with Crippen molar-refractivity contribution in [2.24, 2.45) is 0 Å². The molecule has 0 saturated carbocycles. The quantitative estimate of drug-likeness (QED) is 0.610. The van der Waals surface area contributed by atoms with Gasteiger partial charge in [0.15, 0.2) is 6.54 Å². The molecule has 1 saturated heterocycles. The van der Waals surface area contributed by atoms with Gasteiger partial charge in [-0.3, -0.25) is 9.78 Å². The van der Waals surface area contributed by atoms with E-state index in [0.29, 0.717) is 6.42 Å². The topological polar surface area (TPSA) is 45.0 Å². The summed E-state index contributed by atoms with van der Waals surface area (Å²) in [6.07, 6.45) is 5.92. The molecule has 13 heavy (non-hydrogen) atoms. The molecule has 0 aliphatic carbocycles. The normalized spacial score (nSPS) is 19.1. The highest BCUT2D eigenvalue weighted by atomic mass is 16.2. The predicted molar refractivity (Wildman–Crippen MR) is 47.3 cm³/mol. The van der Waals surface area contributed by atoms with Gasteiger partial charge in [0, 0.05) is 18.0 Å². The molecule has 0 radical (unpaired) electrons. The number of amides is 1. The van der Waals surface area contributed by atoms with Crippen LogP contribution in [0.15, 0.2) is 24.5 Å². The van der Waals surface area contributed by atoms with Crippen molar-refractivity contribution in [3.63, 3.8) is 0 Å². The summed E-state index contributed by atoms with van der Waals surface area (Å²) >= 11 is 0. The Hall–Kier alpha value is -1.71. The molecule has 0 atom stereocenters. The van der Waals surface area contributed by atoms with Crippen molar-refractivity contribution in [3.05, 3.63) is 30.1 Å². The number of hydrogen-bond donors (Lipinski definition) is 1. The van der Waals surface area contributed by atoms with E-state index in [4.69, 9.17) is 0 Å². The van der Waals surface area contributed by atoms with Gasteiger partial charge in [-0.2, -0.15) is 0 Å². The summed E-state index contributed by atoms with van der Waals surface area (Å²) in [4.78, 5) is 14.8. The first-order valence-electron chi connectivity index (χ1n) is 4.15. The zero-order chi connectivity index (χ0) is 9.10. The highest BCUT2D eigenvalue weighted by molar-refractivity contribution is 5.79. The average molecular weight is 176 g/mol. The van der Waals surface area contributed by atoms with Crippen LogP contribution in [0.2, 0.25) is 0 Å². The molecule has 66 valence electrons. The molecule has 0 spiro atoms. The highest BCUT2D eigenvalue weighted by Crippen LogP contribution is 1.94. The van der Waals surface area contributed by atoms with E-state index in [2.05, 4.69) is 10.4 Å². The summed E-state index contributed by atoms with van der Waals surface area (Å²) in [7, 11) is 0. The average Bonchev–Trinajstić information content (AvgIpc) is 2.53. The maximum Gasteiger partial charge on any atom is 0.280 e. The lowest BCUT2D eigenvalue weighted by atomic mass is 10.3. The van der Waals surface area contributed by atoms with Crippen LogP contribution < -0.4 is 5.43 Å². The number of nitrogens with zero attached hydrogens (tertiary/aromatic N) is 2. The van der Waals surface area contributed by atoms with Crippen molar-refractivity contribution in [2.75, 3.05) is 6.54 Å². The van der Waals surface area contributed by atoms with E-state index in [0.717, 1.165) is 12.1 Å². The summed E-state index contributed by atoms with van der Waals surface area (Å²) < 4.78 is 1.79. The minimum absolute atomic E-state index is 0.0744. The van der Waals surface area contributed by atoms with Gasteiger partial charge >= 0.3 is 0 Å². The van der Waals surface area contributed by atoms with Crippen molar-refractivity contribution in [3.8, 4) is 0 Å². The number of carbonyl (C=O) groups is 1. The SMILES string of the molecule is O=C1CC/[N+](=C\c2ccncc2)N1. The number of hydrazine groups is 1. The maximum atomic E-state index is 10.9. The summed E-state index contributed by atoms with van der Waals surface area (Å²) in [6, 6.07) is 3.79. The third-order valence-corrected chi connectivity index (χ3v) is 1.86. The molecule has 0 bridgehead atoms. The summed E-state index contributed by atoms with van der Waals surface area (Å²) in [6.45, 7) is 0.737. The number of hydrazone groups is 1. The Morgan fingerprint density at radius 3 is 2.85 bits per heavy atom. The Labute approximate surface area is 75.9 Å². The van der Waals surface area contributed by atoms with E-state index in [1.807, 2.05) is 18.3 Å². The van der Waals surface area contributed by atoms with Crippen LogP contribution in [0.3, 0.4) is 0 Å². The second-order valence-corrected chi connectivity index (χ2v) is 2.89. The van der Waals surface area contributed by atoms with Crippen LogP contribution in [0.1, 0.15) is 12.0 Å². The molecular formula is C9H10N3O+. The maximum absolute atomic E-state index is 10.9. The minimum atomic E-state index is 0.0744. The largest absolute Gasteiger partial charge is 0.280 e. The van der Waals surface area contributed by atoms with Gasteiger partial charge in [0.05, 0.1) is 6.42 Å². The van der Waals surface area contributed by atoms with Crippen LogP contribution in [-0.2, 0) is 4.79 Å². The number of pyridine rings is 1. The number of nitrogens with one attached hydrogen (secondary N) is 1. The molecule has 1 aliphatic rings. The summed E-state index contributed by atoms with van der Waals surface area (Å²) in [5.74, 6) is 0.0744. The Kier molecular flexibility index (Phi) is 2.04. The standard InChI is InChI=1S/C9H9N3O/c13-9-3-6-12(11-9)7-8-1-4-10-5-2-8/h1-2,4-5,7H,3,6H2/p+1. The third-order valence-electron chi connectivity index (χ3n) is 1.86. The van der Waals surface area contributed by atoms with E-state index in [1.165, 1.54) is 0 Å². The van der Waals surface area contributed by atoms with Gasteiger partial charge in [-0.15, -0.1) is 10.1 Å². The third kappa shape index (κ3) is 1.90. The van der Waals surface area contributed by atoms with Crippen LogP contribution in [-0.4, -0.2) is 28.3 Å². The molecule has 2 heterocycles. The number of rotatable bonds is 1. The first kappa shape index (κ1) is 7.91. The van der Waals surface area contributed by atoms with Crippen LogP contribution in [0.5, 0.6) is 0 Å². The van der Waals surface area contributed by atoms with Crippen molar-refractivity contribution in [1.29, 1.82) is 0 Å². The molecule has 4 nitrogen and oxygen atoms in total. The molecule has 1 amide bonds. The smallest absolute Gasteiger partial charge is 0.269 e. The number of aromatic nitrogens is 1. The van der Waals surface area contributed by atoms with E-state index in [1.54, 1.807) is 17.1 Å². The molecule has 2 rings (SSSR count). The Morgan fingerprint density at radius 1 is 1.46 bits per heavy atom. The lowest BCUT2D eigenvalue weighted by molar-refractivity contribution is -0.553. The number of hydrogen-bond acceptors (Lipinski definition) is 2. The van der Waals surface area contributed by atoms with E-state index < -0.39 is 0 Å². The van der Waals surface area contributed by atoms with Gasteiger partial charge in [0.1, 0.15) is 0 Å². The van der Waals surface area contributed by atoms with Crippen LogP contribution in [0, 0.1) is 0 Å². The van der Waals surface area contributed by atoms with Gasteiger partial charge in [0.2, 0.25) is 6.21 Å². The molecule has 0 aromatic carbocycles. The van der Waals surface area contributed by atoms with Crippen molar-refractivity contribution < 1.29 is 9.48 Å². The Morgan fingerprint density at radius 2 is 2.23 bits per heavy atom. The van der Waals surface area contributed by atoms with E-state index >= 15 is 0 Å². The fraction of sp³-hybridized carbons (Fsp3) is 0.222. The molecule has 1 fully saturated rings. The van der Waals surface area contributed by atoms with E-state index in [9.17, 15) is 4.79 Å². The van der Waals surface area contributed by atoms with Gasteiger partial charge in [0.25, 0.3) is 5.91 Å². The minimum Gasteiger partial charge on any atom is -0.269 e. The predicted octanol–water partition coefficient (Wildman–Crippen LogP) is -0.0521. The van der Waals surface area contributed by atoms with Gasteiger partial charge in [-0.05, 0) is 12.1 Å².